The van der Waals surface area contributed by atoms with Crippen LogP contribution < -0.4 is 0 Å². The fourth-order valence-electron chi connectivity index (χ4n) is 3.31. The lowest BCUT2D eigenvalue weighted by Gasteiger charge is -2.28. The van der Waals surface area contributed by atoms with Crippen molar-refractivity contribution >= 4 is 39.0 Å². The average Bonchev–Trinajstić information content (AvgIpc) is 3.09. The van der Waals surface area contributed by atoms with Crippen LogP contribution in [0.2, 0.25) is 0 Å². The largest absolute Gasteiger partial charge is 0.503 e. The van der Waals surface area contributed by atoms with E-state index in [1.807, 2.05) is 50.2 Å². The SMILES string of the molecule is Cc1nc(C)c(C(=O)C2=C(O)C(=O)N(CCN(C)C)[C@@H]2c2cccc(Br)c2)s1. The van der Waals surface area contributed by atoms with Gasteiger partial charge in [-0.1, -0.05) is 28.1 Å². The second-order valence-electron chi connectivity index (χ2n) is 7.00. The van der Waals surface area contributed by atoms with Crippen LogP contribution in [0, 0.1) is 13.8 Å². The number of aliphatic hydroxyl groups excluding tert-OH is 1. The highest BCUT2D eigenvalue weighted by atomic mass is 79.9. The van der Waals surface area contributed by atoms with Crippen LogP contribution in [0.15, 0.2) is 40.1 Å². The summed E-state index contributed by atoms with van der Waals surface area (Å²) in [5, 5.41) is 11.4. The lowest BCUT2D eigenvalue weighted by molar-refractivity contribution is -0.129. The van der Waals surface area contributed by atoms with Gasteiger partial charge in [0.2, 0.25) is 5.78 Å². The Morgan fingerprint density at radius 2 is 2.07 bits per heavy atom. The molecule has 28 heavy (non-hydrogen) atoms. The number of ketones is 1. The maximum absolute atomic E-state index is 13.3. The van der Waals surface area contributed by atoms with Crippen LogP contribution in [0.25, 0.3) is 0 Å². The minimum Gasteiger partial charge on any atom is -0.503 e. The Morgan fingerprint density at radius 3 is 2.64 bits per heavy atom. The molecule has 0 fully saturated rings. The summed E-state index contributed by atoms with van der Waals surface area (Å²) in [6, 6.07) is 6.83. The molecule has 0 saturated carbocycles. The fourth-order valence-corrected chi connectivity index (χ4v) is 4.60. The standard InChI is InChI=1S/C20H22BrN3O3S/c1-11-19(28-12(2)22-11)17(25)15-16(13-6-5-7-14(21)10-13)24(9-8-23(3)4)20(27)18(15)26/h5-7,10,16,26H,8-9H2,1-4H3/t16-/m1/s1. The summed E-state index contributed by atoms with van der Waals surface area (Å²) in [6.45, 7) is 4.61. The van der Waals surface area contributed by atoms with E-state index in [9.17, 15) is 14.7 Å². The first-order valence-electron chi connectivity index (χ1n) is 8.83. The number of amides is 1. The molecule has 1 aromatic carbocycles. The number of hydrogen-bond donors (Lipinski definition) is 1. The molecule has 0 radical (unpaired) electrons. The second-order valence-corrected chi connectivity index (χ2v) is 9.12. The number of aromatic nitrogens is 1. The summed E-state index contributed by atoms with van der Waals surface area (Å²) in [5.74, 6) is -1.33. The molecule has 1 aliphatic heterocycles. The monoisotopic (exact) mass is 463 g/mol. The number of carbonyl (C=O) groups excluding carboxylic acids is 2. The van der Waals surface area contributed by atoms with Crippen molar-refractivity contribution in [1.82, 2.24) is 14.8 Å². The number of carbonyl (C=O) groups is 2. The Balaban J connectivity index is 2.10. The summed E-state index contributed by atoms with van der Waals surface area (Å²) in [5.41, 5.74) is 1.50. The highest BCUT2D eigenvalue weighted by Crippen LogP contribution is 2.40. The maximum atomic E-state index is 13.3. The molecule has 1 atom stereocenters. The van der Waals surface area contributed by atoms with Gasteiger partial charge in [0.05, 0.1) is 27.2 Å². The van der Waals surface area contributed by atoms with Gasteiger partial charge in [-0.2, -0.15) is 0 Å². The van der Waals surface area contributed by atoms with Gasteiger partial charge in [-0.05, 0) is 45.6 Å². The molecule has 3 rings (SSSR count). The van der Waals surface area contributed by atoms with Crippen LogP contribution in [-0.4, -0.2) is 58.8 Å². The van der Waals surface area contributed by atoms with Gasteiger partial charge in [0.25, 0.3) is 5.91 Å². The zero-order valence-corrected chi connectivity index (χ0v) is 18.6. The Bertz CT molecular complexity index is 967. The summed E-state index contributed by atoms with van der Waals surface area (Å²) < 4.78 is 0.841. The Kier molecular flexibility index (Phi) is 6.02. The average molecular weight is 464 g/mol. The highest BCUT2D eigenvalue weighted by Gasteiger charge is 2.44. The number of rotatable bonds is 6. The van der Waals surface area contributed by atoms with Crippen LogP contribution in [0.3, 0.4) is 0 Å². The lowest BCUT2D eigenvalue weighted by atomic mass is 9.95. The predicted molar refractivity (Wildman–Crippen MR) is 113 cm³/mol. The molecule has 148 valence electrons. The van der Waals surface area contributed by atoms with E-state index < -0.39 is 17.7 Å². The Labute approximate surface area is 176 Å². The van der Waals surface area contributed by atoms with Crippen molar-refractivity contribution in [3.05, 3.63) is 61.2 Å². The molecule has 0 spiro atoms. The minimum absolute atomic E-state index is 0.119. The molecule has 2 heterocycles. The topological polar surface area (TPSA) is 73.7 Å². The van der Waals surface area contributed by atoms with Gasteiger partial charge in [0, 0.05) is 17.6 Å². The molecule has 0 saturated heterocycles. The van der Waals surface area contributed by atoms with Crippen molar-refractivity contribution in [2.75, 3.05) is 27.2 Å². The predicted octanol–water partition coefficient (Wildman–Crippen LogP) is 3.66. The van der Waals surface area contributed by atoms with E-state index >= 15 is 0 Å². The third-order valence-electron chi connectivity index (χ3n) is 4.61. The normalized spacial score (nSPS) is 17.1. The van der Waals surface area contributed by atoms with E-state index in [0.29, 0.717) is 23.7 Å². The molecule has 0 aliphatic carbocycles. The minimum atomic E-state index is -0.640. The molecule has 6 nitrogen and oxygen atoms in total. The summed E-state index contributed by atoms with van der Waals surface area (Å²) in [7, 11) is 3.83. The first kappa shape index (κ1) is 20.7. The van der Waals surface area contributed by atoms with Crippen molar-refractivity contribution in [2.24, 2.45) is 0 Å². The van der Waals surface area contributed by atoms with E-state index in [1.54, 1.807) is 11.8 Å². The molecular weight excluding hydrogens is 442 g/mol. The second kappa shape index (κ2) is 8.14. The van der Waals surface area contributed by atoms with Crippen LogP contribution in [0.4, 0.5) is 0 Å². The van der Waals surface area contributed by atoms with Crippen molar-refractivity contribution in [3.63, 3.8) is 0 Å². The van der Waals surface area contributed by atoms with E-state index in [-0.39, 0.29) is 11.4 Å². The highest BCUT2D eigenvalue weighted by molar-refractivity contribution is 9.10. The molecular formula is C20H22BrN3O3S. The maximum Gasteiger partial charge on any atom is 0.290 e. The van der Waals surface area contributed by atoms with E-state index in [4.69, 9.17) is 0 Å². The van der Waals surface area contributed by atoms with Crippen LogP contribution in [0.5, 0.6) is 0 Å². The Morgan fingerprint density at radius 1 is 1.36 bits per heavy atom. The third kappa shape index (κ3) is 3.90. The van der Waals surface area contributed by atoms with Gasteiger partial charge in [-0.3, -0.25) is 9.59 Å². The van der Waals surface area contributed by atoms with Gasteiger partial charge < -0.3 is 14.9 Å². The summed E-state index contributed by atoms with van der Waals surface area (Å²) in [6.07, 6.45) is 0. The van der Waals surface area contributed by atoms with Gasteiger partial charge in [-0.15, -0.1) is 11.3 Å². The lowest BCUT2D eigenvalue weighted by Crippen LogP contribution is -2.36. The van der Waals surface area contributed by atoms with E-state index in [1.165, 1.54) is 11.3 Å². The molecule has 2 aromatic rings. The van der Waals surface area contributed by atoms with Gasteiger partial charge in [0.15, 0.2) is 5.76 Å². The molecule has 1 aromatic heterocycles. The van der Waals surface area contributed by atoms with E-state index in [2.05, 4.69) is 20.9 Å². The number of benzene rings is 1. The number of aryl methyl sites for hydroxylation is 2. The molecule has 0 bridgehead atoms. The van der Waals surface area contributed by atoms with Crippen molar-refractivity contribution in [1.29, 1.82) is 0 Å². The Hall–Kier alpha value is -2.03. The zero-order valence-electron chi connectivity index (χ0n) is 16.2. The quantitative estimate of drug-likeness (QED) is 0.661. The number of hydrogen-bond acceptors (Lipinski definition) is 6. The molecule has 1 aliphatic rings. The number of Topliss-reactive ketones (excluding diaryl/α,β-unsaturated/α-hetero) is 1. The smallest absolute Gasteiger partial charge is 0.290 e. The first-order chi connectivity index (χ1) is 13.2. The number of nitrogens with zero attached hydrogens (tertiary/aromatic N) is 3. The molecule has 0 unspecified atom stereocenters. The van der Waals surface area contributed by atoms with Crippen LogP contribution in [0.1, 0.15) is 32.0 Å². The van der Waals surface area contributed by atoms with Gasteiger partial charge in [-0.25, -0.2) is 4.98 Å². The third-order valence-corrected chi connectivity index (χ3v) is 6.18. The zero-order chi connectivity index (χ0) is 20.6. The van der Waals surface area contributed by atoms with Crippen molar-refractivity contribution in [3.8, 4) is 0 Å². The number of thiazole rings is 1. The van der Waals surface area contributed by atoms with E-state index in [0.717, 1.165) is 15.0 Å². The fraction of sp³-hybridized carbons (Fsp3) is 0.350. The molecule has 1 N–H and O–H groups in total. The van der Waals surface area contributed by atoms with Gasteiger partial charge in [0.1, 0.15) is 0 Å². The molecule has 8 heteroatoms. The summed E-state index contributed by atoms with van der Waals surface area (Å²) in [4.78, 5) is 34.5. The van der Waals surface area contributed by atoms with Crippen molar-refractivity contribution < 1.29 is 14.7 Å². The summed E-state index contributed by atoms with van der Waals surface area (Å²) >= 11 is 4.73. The first-order valence-corrected chi connectivity index (χ1v) is 10.4. The molecule has 1 amide bonds. The van der Waals surface area contributed by atoms with Crippen molar-refractivity contribution in [2.45, 2.75) is 19.9 Å². The van der Waals surface area contributed by atoms with Gasteiger partial charge >= 0.3 is 0 Å². The van der Waals surface area contributed by atoms with Crippen LogP contribution >= 0.6 is 27.3 Å². The number of halogens is 1. The number of aliphatic hydroxyl groups is 1. The van der Waals surface area contributed by atoms with Crippen LogP contribution in [-0.2, 0) is 4.79 Å². The number of likely N-dealkylation sites (N-methyl/N-ethyl adjacent to an activating group) is 1.